The summed E-state index contributed by atoms with van der Waals surface area (Å²) in [4.78, 5) is 4.86. The maximum atomic E-state index is 11.9. The summed E-state index contributed by atoms with van der Waals surface area (Å²) in [6.45, 7) is 4.32. The van der Waals surface area contributed by atoms with Crippen LogP contribution in [0.2, 0.25) is 5.02 Å². The molecule has 0 saturated heterocycles. The van der Waals surface area contributed by atoms with E-state index >= 15 is 0 Å². The second-order valence-electron chi connectivity index (χ2n) is 10.1. The summed E-state index contributed by atoms with van der Waals surface area (Å²) in [5.41, 5.74) is 7.79. The van der Waals surface area contributed by atoms with Crippen LogP contribution in [0, 0.1) is 6.92 Å². The normalized spacial score (nSPS) is 14.1. The van der Waals surface area contributed by atoms with Crippen molar-refractivity contribution in [3.63, 3.8) is 0 Å². The van der Waals surface area contributed by atoms with Crippen molar-refractivity contribution in [3.05, 3.63) is 88.6 Å². The number of halogens is 1. The summed E-state index contributed by atoms with van der Waals surface area (Å²) in [6.07, 6.45) is 4.15. The van der Waals surface area contributed by atoms with Crippen LogP contribution in [0.4, 0.5) is 11.4 Å². The summed E-state index contributed by atoms with van der Waals surface area (Å²) < 4.78 is 27.2. The fourth-order valence-corrected chi connectivity index (χ4v) is 6.23. The first-order chi connectivity index (χ1) is 18.0. The molecule has 0 aliphatic carbocycles. The molecule has 38 heavy (non-hydrogen) atoms. The number of nitrogens with zero attached hydrogens (tertiary/aromatic N) is 4. The molecule has 0 unspecified atom stereocenters. The van der Waals surface area contributed by atoms with Crippen LogP contribution < -0.4 is 9.80 Å². The number of para-hydroxylation sites is 1. The maximum absolute atomic E-state index is 11.9. The third-order valence-electron chi connectivity index (χ3n) is 7.25. The Hall–Kier alpha value is -3.00. The second kappa shape index (κ2) is 11.4. The molecular weight excluding hydrogens is 516 g/mol. The van der Waals surface area contributed by atoms with Crippen molar-refractivity contribution in [1.29, 1.82) is 0 Å². The van der Waals surface area contributed by atoms with Crippen molar-refractivity contribution >= 4 is 43.9 Å². The molecule has 4 aromatic rings. The van der Waals surface area contributed by atoms with Gasteiger partial charge in [-0.05, 0) is 72.9 Å². The Morgan fingerprint density at radius 3 is 2.21 bits per heavy atom. The van der Waals surface area contributed by atoms with E-state index in [-0.39, 0.29) is 0 Å². The van der Waals surface area contributed by atoms with Gasteiger partial charge < -0.3 is 14.4 Å². The lowest BCUT2D eigenvalue weighted by atomic mass is 10.1. The van der Waals surface area contributed by atoms with Crippen molar-refractivity contribution in [3.8, 4) is 0 Å². The van der Waals surface area contributed by atoms with Crippen molar-refractivity contribution in [2.45, 2.75) is 24.7 Å². The standard InChI is InChI=1S/C11H16N2O2S.C10H13N.C9H8ClN/c1-12(2)16(14,15)10-4-5-11-9(8-10)6-7-13(11)3;1-8-4-3-5-9-6-7-11(2)10(8)9;1-11-6-5-7-8(10)3-2-4-9(7)11/h4-5,8H,6-7H2,1-3H3;3-5H,6-7H2,1-2H3;2-6H,1H3. The first-order valence-corrected chi connectivity index (χ1v) is 14.6. The van der Waals surface area contributed by atoms with Crippen LogP contribution in [0.3, 0.4) is 0 Å². The molecule has 3 heterocycles. The number of aryl methyl sites for hydroxylation is 2. The van der Waals surface area contributed by atoms with E-state index in [9.17, 15) is 8.42 Å². The molecule has 202 valence electrons. The lowest BCUT2D eigenvalue weighted by molar-refractivity contribution is 0.520. The van der Waals surface area contributed by atoms with Crippen molar-refractivity contribution in [1.82, 2.24) is 8.87 Å². The van der Waals surface area contributed by atoms with Gasteiger partial charge in [0.05, 0.1) is 4.90 Å². The first-order valence-electron chi connectivity index (χ1n) is 12.8. The van der Waals surface area contributed by atoms with Gasteiger partial charge >= 0.3 is 0 Å². The predicted octanol–water partition coefficient (Wildman–Crippen LogP) is 5.75. The van der Waals surface area contributed by atoms with Gasteiger partial charge in [-0.1, -0.05) is 35.9 Å². The van der Waals surface area contributed by atoms with E-state index in [0.717, 1.165) is 34.6 Å². The summed E-state index contributed by atoms with van der Waals surface area (Å²) in [6, 6.07) is 19.9. The molecule has 0 radical (unpaired) electrons. The molecule has 0 saturated carbocycles. The summed E-state index contributed by atoms with van der Waals surface area (Å²) in [5, 5.41) is 1.94. The number of aromatic nitrogens is 1. The average Bonchev–Trinajstić information content (AvgIpc) is 3.58. The zero-order valence-electron chi connectivity index (χ0n) is 23.1. The Morgan fingerprint density at radius 1 is 0.842 bits per heavy atom. The smallest absolute Gasteiger partial charge is 0.242 e. The molecule has 0 spiro atoms. The fourth-order valence-electron chi connectivity index (χ4n) is 5.05. The molecule has 2 aliphatic rings. The highest BCUT2D eigenvalue weighted by atomic mass is 35.5. The molecule has 6 rings (SSSR count). The van der Waals surface area contributed by atoms with Crippen LogP contribution in [-0.2, 0) is 29.9 Å². The highest BCUT2D eigenvalue weighted by Crippen LogP contribution is 2.30. The number of rotatable bonds is 2. The first kappa shape index (κ1) is 28.0. The number of hydrogen-bond donors (Lipinski definition) is 0. The minimum atomic E-state index is -3.30. The number of anilines is 2. The minimum absolute atomic E-state index is 0.381. The predicted molar refractivity (Wildman–Crippen MR) is 160 cm³/mol. The number of benzene rings is 3. The molecule has 3 aromatic carbocycles. The van der Waals surface area contributed by atoms with Gasteiger partial charge in [-0.2, -0.15) is 0 Å². The number of hydrogen-bond acceptors (Lipinski definition) is 4. The zero-order valence-corrected chi connectivity index (χ0v) is 24.6. The van der Waals surface area contributed by atoms with E-state index in [4.69, 9.17) is 11.6 Å². The van der Waals surface area contributed by atoms with Crippen molar-refractivity contribution in [2.24, 2.45) is 7.05 Å². The van der Waals surface area contributed by atoms with Crippen LogP contribution >= 0.6 is 11.6 Å². The monoisotopic (exact) mass is 552 g/mol. The number of sulfonamides is 1. The van der Waals surface area contributed by atoms with E-state index in [1.54, 1.807) is 26.2 Å². The number of fused-ring (bicyclic) bond motifs is 3. The Balaban J connectivity index is 0.000000136. The molecular formula is C30H37ClN4O2S. The Labute approximate surface area is 232 Å². The quantitative estimate of drug-likeness (QED) is 0.318. The zero-order chi connectivity index (χ0) is 27.6. The van der Waals surface area contributed by atoms with Crippen LogP contribution in [-0.4, -0.2) is 58.6 Å². The van der Waals surface area contributed by atoms with Gasteiger partial charge in [0.25, 0.3) is 0 Å². The van der Waals surface area contributed by atoms with Gasteiger partial charge in [0.2, 0.25) is 10.0 Å². The van der Waals surface area contributed by atoms with Crippen LogP contribution in [0.1, 0.15) is 16.7 Å². The third kappa shape index (κ3) is 5.70. The van der Waals surface area contributed by atoms with Crippen molar-refractivity contribution < 1.29 is 8.42 Å². The summed E-state index contributed by atoms with van der Waals surface area (Å²) in [7, 11) is 6.00. The van der Waals surface area contributed by atoms with Crippen LogP contribution in [0.15, 0.2) is 71.8 Å². The summed E-state index contributed by atoms with van der Waals surface area (Å²) >= 11 is 5.96. The number of likely N-dealkylation sites (N-methyl/N-ethyl adjacent to an activating group) is 2. The van der Waals surface area contributed by atoms with Gasteiger partial charge in [0.1, 0.15) is 0 Å². The van der Waals surface area contributed by atoms with Crippen LogP contribution in [0.25, 0.3) is 10.9 Å². The molecule has 0 bridgehead atoms. The Bertz CT molecular complexity index is 1550. The topological polar surface area (TPSA) is 48.8 Å². The van der Waals surface area contributed by atoms with Gasteiger partial charge in [-0.15, -0.1) is 0 Å². The van der Waals surface area contributed by atoms with E-state index in [1.165, 1.54) is 39.6 Å². The average molecular weight is 553 g/mol. The highest BCUT2D eigenvalue weighted by molar-refractivity contribution is 7.89. The largest absolute Gasteiger partial charge is 0.374 e. The third-order valence-corrected chi connectivity index (χ3v) is 9.39. The fraction of sp³-hybridized carbons (Fsp3) is 0.333. The van der Waals surface area contributed by atoms with Gasteiger partial charge in [0, 0.05) is 81.8 Å². The Kier molecular flexibility index (Phi) is 8.40. The van der Waals surface area contributed by atoms with E-state index in [0.29, 0.717) is 4.90 Å². The minimum Gasteiger partial charge on any atom is -0.374 e. The lowest BCUT2D eigenvalue weighted by Crippen LogP contribution is -2.22. The van der Waals surface area contributed by atoms with Crippen LogP contribution in [0.5, 0.6) is 0 Å². The molecule has 0 fully saturated rings. The van der Waals surface area contributed by atoms with Gasteiger partial charge in [-0.3, -0.25) is 0 Å². The molecule has 0 atom stereocenters. The molecule has 6 nitrogen and oxygen atoms in total. The SMILES string of the molecule is CN1CCc2cc(S(=O)(=O)N(C)C)ccc21.Cc1cccc2c1N(C)CC2.Cn1ccc2c(Cl)cccc21. The van der Waals surface area contributed by atoms with Gasteiger partial charge in [0.15, 0.2) is 0 Å². The van der Waals surface area contributed by atoms with Gasteiger partial charge in [-0.25, -0.2) is 12.7 Å². The second-order valence-corrected chi connectivity index (χ2v) is 12.7. The molecule has 0 N–H and O–H groups in total. The maximum Gasteiger partial charge on any atom is 0.242 e. The molecule has 8 heteroatoms. The Morgan fingerprint density at radius 2 is 1.53 bits per heavy atom. The highest BCUT2D eigenvalue weighted by Gasteiger charge is 2.22. The van der Waals surface area contributed by atoms with E-state index in [1.807, 2.05) is 44.6 Å². The molecule has 1 aromatic heterocycles. The molecule has 0 amide bonds. The summed E-state index contributed by atoms with van der Waals surface area (Å²) in [5.74, 6) is 0. The molecule has 2 aliphatic heterocycles. The van der Waals surface area contributed by atoms with E-state index in [2.05, 4.69) is 52.6 Å². The van der Waals surface area contributed by atoms with Crippen molar-refractivity contribution in [2.75, 3.05) is 51.1 Å². The van der Waals surface area contributed by atoms with E-state index < -0.39 is 10.0 Å². The lowest BCUT2D eigenvalue weighted by Gasteiger charge is -2.14.